The first-order valence-electron chi connectivity index (χ1n) is 19.0. The Kier molecular flexibility index (Phi) is 7.46. The standard InChI is InChI=1S/C52H35N3O/c1-4-18-38(19-5-1)53(42-30-31-51-46(33-42)44-24-13-15-27-50(44)56-51)43-34-48(54(39-20-6-2-7-21-39)40-22-8-3-9-23-40)52-45-25-12-14-26-47(45)55(49(52)35-43)41-29-28-36-16-10-11-17-37(36)32-41/h1-35H. The average Bonchev–Trinajstić information content (AvgIpc) is 3.80. The van der Waals surface area contributed by atoms with E-state index >= 15 is 0 Å². The van der Waals surface area contributed by atoms with Crippen molar-refractivity contribution in [2.45, 2.75) is 0 Å². The van der Waals surface area contributed by atoms with Gasteiger partial charge in [0.25, 0.3) is 0 Å². The van der Waals surface area contributed by atoms with Gasteiger partial charge in [-0.15, -0.1) is 0 Å². The van der Waals surface area contributed by atoms with Crippen molar-refractivity contribution in [3.05, 3.63) is 212 Å². The lowest BCUT2D eigenvalue weighted by molar-refractivity contribution is 0.669. The number of aromatic nitrogens is 1. The van der Waals surface area contributed by atoms with Crippen molar-refractivity contribution >= 4 is 88.6 Å². The van der Waals surface area contributed by atoms with Crippen molar-refractivity contribution < 1.29 is 4.42 Å². The zero-order valence-electron chi connectivity index (χ0n) is 30.5. The molecule has 0 saturated carbocycles. The summed E-state index contributed by atoms with van der Waals surface area (Å²) >= 11 is 0. The van der Waals surface area contributed by atoms with Gasteiger partial charge in [-0.1, -0.05) is 121 Å². The predicted molar refractivity (Wildman–Crippen MR) is 235 cm³/mol. The number of anilines is 6. The molecule has 0 unspecified atom stereocenters. The highest BCUT2D eigenvalue weighted by Crippen LogP contribution is 2.48. The fourth-order valence-corrected chi connectivity index (χ4v) is 8.42. The molecule has 56 heavy (non-hydrogen) atoms. The van der Waals surface area contributed by atoms with Gasteiger partial charge in [-0.3, -0.25) is 0 Å². The van der Waals surface area contributed by atoms with Crippen LogP contribution in [0.1, 0.15) is 0 Å². The quantitative estimate of drug-likeness (QED) is 0.164. The summed E-state index contributed by atoms with van der Waals surface area (Å²) in [7, 11) is 0. The van der Waals surface area contributed by atoms with Crippen LogP contribution in [0.15, 0.2) is 217 Å². The van der Waals surface area contributed by atoms with Gasteiger partial charge in [-0.05, 0) is 102 Å². The molecular formula is C52H35N3O. The van der Waals surface area contributed by atoms with Crippen LogP contribution in [0.25, 0.3) is 60.2 Å². The van der Waals surface area contributed by atoms with Gasteiger partial charge < -0.3 is 18.8 Å². The van der Waals surface area contributed by atoms with E-state index in [-0.39, 0.29) is 0 Å². The molecule has 0 fully saturated rings. The predicted octanol–water partition coefficient (Wildman–Crippen LogP) is 14.8. The van der Waals surface area contributed by atoms with Crippen LogP contribution < -0.4 is 9.80 Å². The SMILES string of the molecule is c1ccc(N(c2ccc3oc4ccccc4c3c2)c2cc(N(c3ccccc3)c3ccccc3)c3c4ccccc4n(-c4ccc5ccccc5c4)c3c2)cc1. The Morgan fingerprint density at radius 2 is 0.929 bits per heavy atom. The Bertz CT molecular complexity index is 3160. The van der Waals surface area contributed by atoms with Crippen molar-refractivity contribution in [1.82, 2.24) is 4.57 Å². The molecule has 2 aromatic heterocycles. The smallest absolute Gasteiger partial charge is 0.135 e. The third-order valence-electron chi connectivity index (χ3n) is 10.9. The maximum Gasteiger partial charge on any atom is 0.135 e. The third-order valence-corrected chi connectivity index (χ3v) is 10.9. The lowest BCUT2D eigenvalue weighted by atomic mass is 10.0. The molecule has 0 aliphatic heterocycles. The van der Waals surface area contributed by atoms with Gasteiger partial charge in [0.1, 0.15) is 11.2 Å². The molecule has 0 radical (unpaired) electrons. The molecule has 0 aliphatic carbocycles. The molecule has 0 bridgehead atoms. The van der Waals surface area contributed by atoms with Gasteiger partial charge in [-0.2, -0.15) is 0 Å². The topological polar surface area (TPSA) is 24.6 Å². The van der Waals surface area contributed by atoms with Gasteiger partial charge in [0, 0.05) is 50.0 Å². The van der Waals surface area contributed by atoms with Gasteiger partial charge in [0.2, 0.25) is 0 Å². The Morgan fingerprint density at radius 3 is 1.66 bits per heavy atom. The lowest BCUT2D eigenvalue weighted by Gasteiger charge is -2.30. The van der Waals surface area contributed by atoms with E-state index in [1.165, 1.54) is 21.5 Å². The summed E-state index contributed by atoms with van der Waals surface area (Å²) in [5, 5.41) is 6.97. The molecule has 11 rings (SSSR count). The van der Waals surface area contributed by atoms with E-state index in [1.807, 2.05) is 12.1 Å². The first-order chi connectivity index (χ1) is 27.8. The number of para-hydroxylation sites is 5. The van der Waals surface area contributed by atoms with Crippen molar-refractivity contribution in [3.8, 4) is 5.69 Å². The number of furan rings is 1. The molecule has 4 nitrogen and oxygen atoms in total. The Balaban J connectivity index is 1.27. The van der Waals surface area contributed by atoms with E-state index in [9.17, 15) is 0 Å². The van der Waals surface area contributed by atoms with E-state index in [2.05, 4.69) is 215 Å². The first kappa shape index (κ1) is 31.9. The molecule has 0 amide bonds. The molecule has 0 spiro atoms. The van der Waals surface area contributed by atoms with Crippen LogP contribution in [-0.2, 0) is 0 Å². The second kappa shape index (κ2) is 13.1. The van der Waals surface area contributed by atoms with Gasteiger partial charge in [0.15, 0.2) is 0 Å². The zero-order chi connectivity index (χ0) is 37.0. The highest BCUT2D eigenvalue weighted by molar-refractivity contribution is 6.18. The summed E-state index contributed by atoms with van der Waals surface area (Å²) in [5.74, 6) is 0. The summed E-state index contributed by atoms with van der Waals surface area (Å²) in [5.41, 5.74) is 11.5. The van der Waals surface area contributed by atoms with Crippen LogP contribution in [0.5, 0.6) is 0 Å². The highest BCUT2D eigenvalue weighted by Gasteiger charge is 2.25. The largest absolute Gasteiger partial charge is 0.456 e. The summed E-state index contributed by atoms with van der Waals surface area (Å²) in [4.78, 5) is 4.78. The molecule has 0 atom stereocenters. The number of hydrogen-bond acceptors (Lipinski definition) is 3. The number of rotatable bonds is 7. The number of fused-ring (bicyclic) bond motifs is 7. The zero-order valence-corrected chi connectivity index (χ0v) is 30.5. The lowest BCUT2D eigenvalue weighted by Crippen LogP contribution is -2.14. The fourth-order valence-electron chi connectivity index (χ4n) is 8.42. The molecule has 0 N–H and O–H groups in total. The Hall–Kier alpha value is -7.56. The highest BCUT2D eigenvalue weighted by atomic mass is 16.3. The van der Waals surface area contributed by atoms with E-state index in [0.717, 1.165) is 72.8 Å². The normalized spacial score (nSPS) is 11.6. The second-order valence-corrected chi connectivity index (χ2v) is 14.2. The van der Waals surface area contributed by atoms with Crippen LogP contribution in [0.2, 0.25) is 0 Å². The molecule has 0 aliphatic rings. The molecule has 0 saturated heterocycles. The average molecular weight is 718 g/mol. The summed E-state index contributed by atoms with van der Waals surface area (Å²) in [6, 6.07) is 75.8. The van der Waals surface area contributed by atoms with Crippen LogP contribution in [0, 0.1) is 0 Å². The molecule has 264 valence electrons. The van der Waals surface area contributed by atoms with Crippen molar-refractivity contribution in [3.63, 3.8) is 0 Å². The van der Waals surface area contributed by atoms with Crippen LogP contribution in [-0.4, -0.2) is 4.57 Å². The first-order valence-corrected chi connectivity index (χ1v) is 19.0. The van der Waals surface area contributed by atoms with Gasteiger partial charge in [-0.25, -0.2) is 0 Å². The molecule has 4 heteroatoms. The van der Waals surface area contributed by atoms with Crippen LogP contribution in [0.4, 0.5) is 34.1 Å². The summed E-state index contributed by atoms with van der Waals surface area (Å²) in [6.45, 7) is 0. The minimum Gasteiger partial charge on any atom is -0.456 e. The molecule has 9 aromatic carbocycles. The minimum absolute atomic E-state index is 0.870. The van der Waals surface area contributed by atoms with Crippen LogP contribution in [0.3, 0.4) is 0 Å². The number of hydrogen-bond donors (Lipinski definition) is 0. The van der Waals surface area contributed by atoms with Crippen molar-refractivity contribution in [2.24, 2.45) is 0 Å². The number of nitrogens with zero attached hydrogens (tertiary/aromatic N) is 3. The van der Waals surface area contributed by atoms with Gasteiger partial charge in [0.05, 0.1) is 22.4 Å². The maximum absolute atomic E-state index is 6.31. The van der Waals surface area contributed by atoms with Gasteiger partial charge >= 0.3 is 0 Å². The van der Waals surface area contributed by atoms with E-state index in [4.69, 9.17) is 4.42 Å². The second-order valence-electron chi connectivity index (χ2n) is 14.2. The summed E-state index contributed by atoms with van der Waals surface area (Å²) < 4.78 is 8.74. The molecule has 11 aromatic rings. The monoisotopic (exact) mass is 717 g/mol. The third kappa shape index (κ3) is 5.23. The minimum atomic E-state index is 0.870. The fraction of sp³-hybridized carbons (Fsp3) is 0. The van der Waals surface area contributed by atoms with Crippen LogP contribution >= 0.6 is 0 Å². The van der Waals surface area contributed by atoms with Crippen molar-refractivity contribution in [1.29, 1.82) is 0 Å². The molecular weight excluding hydrogens is 683 g/mol. The number of benzene rings is 9. The van der Waals surface area contributed by atoms with Crippen molar-refractivity contribution in [2.75, 3.05) is 9.80 Å². The Morgan fingerprint density at radius 1 is 0.339 bits per heavy atom. The molecule has 2 heterocycles. The summed E-state index contributed by atoms with van der Waals surface area (Å²) in [6.07, 6.45) is 0. The Labute approximate surface area is 324 Å². The van der Waals surface area contributed by atoms with E-state index in [1.54, 1.807) is 0 Å². The van der Waals surface area contributed by atoms with E-state index < -0.39 is 0 Å². The maximum atomic E-state index is 6.31. The van der Waals surface area contributed by atoms with E-state index in [0.29, 0.717) is 0 Å².